The molecule has 0 bridgehead atoms. The van der Waals surface area contributed by atoms with Gasteiger partial charge in [0, 0.05) is 20.3 Å². The number of carboxylic acid groups (broad SMARTS) is 1. The first-order valence-corrected chi connectivity index (χ1v) is 16.8. The lowest BCUT2D eigenvalue weighted by atomic mass is 9.94. The third kappa shape index (κ3) is 11.4. The van der Waals surface area contributed by atoms with Crippen LogP contribution in [0.5, 0.6) is 0 Å². The van der Waals surface area contributed by atoms with Crippen LogP contribution in [-0.4, -0.2) is 189 Å². The molecule has 0 aromatic carbocycles. The van der Waals surface area contributed by atoms with E-state index in [-0.39, 0.29) is 6.61 Å². The highest BCUT2D eigenvalue weighted by molar-refractivity contribution is 5.78. The molecule has 22 heteroatoms. The molecule has 3 aliphatic rings. The highest BCUT2D eigenvalue weighted by Gasteiger charge is 2.49. The lowest BCUT2D eigenvalue weighted by Gasteiger charge is -2.45. The van der Waals surface area contributed by atoms with Crippen molar-refractivity contribution >= 4 is 23.7 Å². The van der Waals surface area contributed by atoms with E-state index in [1.807, 2.05) is 0 Å². The van der Waals surface area contributed by atoms with Crippen LogP contribution in [0.1, 0.15) is 40.0 Å². The predicted molar refractivity (Wildman–Crippen MR) is 169 cm³/mol. The van der Waals surface area contributed by atoms with Gasteiger partial charge in [0.1, 0.15) is 60.9 Å². The van der Waals surface area contributed by atoms with Crippen LogP contribution in [-0.2, 0) is 47.6 Å². The molecular formula is C30H52N4O18. The second-order valence-corrected chi connectivity index (χ2v) is 12.8. The van der Waals surface area contributed by atoms with Crippen LogP contribution in [0.25, 0.3) is 0 Å². The van der Waals surface area contributed by atoms with Gasteiger partial charge in [0.2, 0.25) is 17.7 Å². The van der Waals surface area contributed by atoms with Gasteiger partial charge in [-0.05, 0) is 26.3 Å². The van der Waals surface area contributed by atoms with E-state index < -0.39 is 148 Å². The van der Waals surface area contributed by atoms with Crippen LogP contribution in [0, 0.1) is 0 Å². The van der Waals surface area contributed by atoms with Crippen molar-refractivity contribution < 1.29 is 88.5 Å². The summed E-state index contributed by atoms with van der Waals surface area (Å²) in [6, 6.07) is -3.60. The number of ether oxygens (including phenoxy) is 6. The van der Waals surface area contributed by atoms with Gasteiger partial charge in [-0.15, -0.1) is 0 Å². The van der Waals surface area contributed by atoms with Crippen LogP contribution >= 0.6 is 0 Å². The zero-order chi connectivity index (χ0) is 38.9. The summed E-state index contributed by atoms with van der Waals surface area (Å²) in [5.74, 6) is -3.44. The van der Waals surface area contributed by atoms with Crippen LogP contribution in [0.2, 0.25) is 0 Å². The highest BCUT2D eigenvalue weighted by Crippen LogP contribution is 2.27. The first-order valence-electron chi connectivity index (χ1n) is 16.8. The van der Waals surface area contributed by atoms with Gasteiger partial charge in [0.15, 0.2) is 25.0 Å². The molecule has 3 fully saturated rings. The number of nitrogens with one attached hydrogen (secondary N) is 3. The van der Waals surface area contributed by atoms with E-state index in [1.54, 1.807) is 0 Å². The smallest absolute Gasteiger partial charge is 0.332 e. The van der Waals surface area contributed by atoms with E-state index in [9.17, 15) is 60.0 Å². The maximum absolute atomic E-state index is 13.0. The Labute approximate surface area is 298 Å². The average molecular weight is 757 g/mol. The van der Waals surface area contributed by atoms with Crippen molar-refractivity contribution in [3.8, 4) is 0 Å². The van der Waals surface area contributed by atoms with E-state index in [4.69, 9.17) is 34.2 Å². The second kappa shape index (κ2) is 20.1. The molecule has 3 saturated heterocycles. The second-order valence-electron chi connectivity index (χ2n) is 12.8. The Hall–Kier alpha value is -2.68. The van der Waals surface area contributed by atoms with Crippen molar-refractivity contribution in [2.75, 3.05) is 26.4 Å². The topological polar surface area (TPSA) is 348 Å². The maximum Gasteiger partial charge on any atom is 0.332 e. The summed E-state index contributed by atoms with van der Waals surface area (Å²) < 4.78 is 33.6. The number of carboxylic acids is 1. The first-order chi connectivity index (χ1) is 24.5. The Bertz CT molecular complexity index is 1190. The summed E-state index contributed by atoms with van der Waals surface area (Å²) in [5.41, 5.74) is 5.52. The summed E-state index contributed by atoms with van der Waals surface area (Å²) in [5, 5.41) is 89.5. The highest BCUT2D eigenvalue weighted by atomic mass is 16.7. The maximum atomic E-state index is 13.0. The summed E-state index contributed by atoms with van der Waals surface area (Å²) in [6.07, 6.45) is -20.3. The number of amides is 3. The third-order valence-corrected chi connectivity index (χ3v) is 8.76. The molecular weight excluding hydrogens is 704 g/mol. The van der Waals surface area contributed by atoms with Crippen molar-refractivity contribution in [1.29, 1.82) is 0 Å². The number of carbonyl (C=O) groups is 4. The largest absolute Gasteiger partial charge is 0.479 e. The molecule has 3 amide bonds. The Balaban J connectivity index is 1.63. The number of carbonyl (C=O) groups excluding carboxylic acids is 3. The molecule has 0 saturated carbocycles. The molecule has 0 spiro atoms. The average Bonchev–Trinajstić information content (AvgIpc) is 3.08. The lowest BCUT2D eigenvalue weighted by molar-refractivity contribution is -0.310. The van der Waals surface area contributed by atoms with Gasteiger partial charge < -0.3 is 91.0 Å². The molecule has 16 atom stereocenters. The zero-order valence-corrected chi connectivity index (χ0v) is 28.9. The van der Waals surface area contributed by atoms with Crippen molar-refractivity contribution in [2.24, 2.45) is 5.73 Å². The SMILES string of the molecule is CC(=O)N[C@H]1[C@H](OCCCN)O[C@H](CO[C@H]2O[C@H](C)[C@H](NC(=O)CC[C@@H](O[C@H]3O[C@H](CO)[C@H](O)[C@H](O)[C@H]3O)C(=O)O)[C@H](O)[C@H]2NC(C)=O)[C@@H](O)[C@@H]1O. The van der Waals surface area contributed by atoms with Gasteiger partial charge in [0.05, 0.1) is 32.0 Å². The Morgan fingerprint density at radius 2 is 1.31 bits per heavy atom. The molecule has 52 heavy (non-hydrogen) atoms. The number of aliphatic hydroxyl groups excluding tert-OH is 7. The number of hydrogen-bond donors (Lipinski definition) is 12. The van der Waals surface area contributed by atoms with Gasteiger partial charge in [-0.3, -0.25) is 14.4 Å². The van der Waals surface area contributed by atoms with Crippen LogP contribution in [0.3, 0.4) is 0 Å². The number of aliphatic carboxylic acids is 1. The molecule has 0 aromatic heterocycles. The summed E-state index contributed by atoms with van der Waals surface area (Å²) in [7, 11) is 0. The molecule has 0 unspecified atom stereocenters. The van der Waals surface area contributed by atoms with Gasteiger partial charge in [-0.2, -0.15) is 0 Å². The molecule has 3 rings (SSSR count). The minimum Gasteiger partial charge on any atom is -0.479 e. The summed E-state index contributed by atoms with van der Waals surface area (Å²) in [6.45, 7) is 3.03. The molecule has 300 valence electrons. The van der Waals surface area contributed by atoms with Gasteiger partial charge >= 0.3 is 5.97 Å². The monoisotopic (exact) mass is 756 g/mol. The zero-order valence-electron chi connectivity index (χ0n) is 28.9. The van der Waals surface area contributed by atoms with Crippen molar-refractivity contribution in [3.05, 3.63) is 0 Å². The van der Waals surface area contributed by atoms with Crippen LogP contribution in [0.15, 0.2) is 0 Å². The third-order valence-electron chi connectivity index (χ3n) is 8.76. The summed E-state index contributed by atoms with van der Waals surface area (Å²) >= 11 is 0. The van der Waals surface area contributed by atoms with E-state index in [1.165, 1.54) is 13.8 Å². The fraction of sp³-hybridized carbons (Fsp3) is 0.867. The number of rotatable bonds is 17. The van der Waals surface area contributed by atoms with E-state index in [0.29, 0.717) is 13.0 Å². The van der Waals surface area contributed by atoms with Crippen molar-refractivity contribution in [1.82, 2.24) is 16.0 Å². The number of aliphatic hydroxyl groups is 7. The van der Waals surface area contributed by atoms with Gasteiger partial charge in [0.25, 0.3) is 0 Å². The molecule has 0 aliphatic carbocycles. The number of nitrogens with two attached hydrogens (primary N) is 1. The Morgan fingerprint density at radius 1 is 0.731 bits per heavy atom. The minimum absolute atomic E-state index is 0.114. The molecule has 13 N–H and O–H groups in total. The first kappa shape index (κ1) is 43.7. The lowest BCUT2D eigenvalue weighted by Crippen LogP contribution is -2.68. The summed E-state index contributed by atoms with van der Waals surface area (Å²) in [4.78, 5) is 48.7. The fourth-order valence-corrected chi connectivity index (χ4v) is 5.96. The normalized spacial score (nSPS) is 38.6. The van der Waals surface area contributed by atoms with Crippen molar-refractivity contribution in [3.63, 3.8) is 0 Å². The molecule has 22 nitrogen and oxygen atoms in total. The van der Waals surface area contributed by atoms with E-state index >= 15 is 0 Å². The van der Waals surface area contributed by atoms with Gasteiger partial charge in [-0.25, -0.2) is 4.79 Å². The van der Waals surface area contributed by atoms with E-state index in [2.05, 4.69) is 16.0 Å². The Kier molecular flexibility index (Phi) is 16.9. The van der Waals surface area contributed by atoms with Crippen LogP contribution in [0.4, 0.5) is 0 Å². The molecule has 0 radical (unpaired) electrons. The fourth-order valence-electron chi connectivity index (χ4n) is 5.96. The molecule has 3 heterocycles. The molecule has 3 aliphatic heterocycles. The van der Waals surface area contributed by atoms with Gasteiger partial charge in [-0.1, -0.05) is 0 Å². The van der Waals surface area contributed by atoms with E-state index in [0.717, 1.165) is 6.92 Å². The minimum atomic E-state index is -1.88. The van der Waals surface area contributed by atoms with Crippen molar-refractivity contribution in [2.45, 2.75) is 138 Å². The predicted octanol–water partition coefficient (Wildman–Crippen LogP) is -6.54. The number of hydrogen-bond acceptors (Lipinski definition) is 18. The molecule has 0 aromatic rings. The Morgan fingerprint density at radius 3 is 1.88 bits per heavy atom. The quantitative estimate of drug-likeness (QED) is 0.0614. The van der Waals surface area contributed by atoms with Crippen LogP contribution < -0.4 is 21.7 Å². The standard InChI is InChI=1S/C30H52N4O18/c1-11-18(34-17(38)6-5-14(27(45)46)50-30-26(44)25(43)21(39)15(9-35)51-30)23(41)19(32-12(2)36)29(49-11)48-10-16-22(40)24(42)20(33-13(3)37)28(52-16)47-8-4-7-31/h11,14-16,18-26,28-30,35,39-44H,4-10,31H2,1-3H3,(H,32,36)(H,33,37)(H,34,38)(H,45,46)/t11-,14-,15-,16-,18+,19-,20-,21+,22-,23+,24-,25+,26-,28-,29+,30+/m1/s1.